The minimum Gasteiger partial charge on any atom is -0.467 e. The Hall–Kier alpha value is -1.89. The molecular weight excluding hydrogens is 348 g/mol. The van der Waals surface area contributed by atoms with Gasteiger partial charge in [0.05, 0.1) is 19.1 Å². The van der Waals surface area contributed by atoms with Crippen LogP contribution in [0.3, 0.4) is 0 Å². The van der Waals surface area contributed by atoms with Gasteiger partial charge in [-0.05, 0) is 51.4 Å². The number of amides is 2. The van der Waals surface area contributed by atoms with E-state index in [1.807, 2.05) is 6.08 Å². The van der Waals surface area contributed by atoms with E-state index in [2.05, 4.69) is 11.4 Å². The molecule has 0 radical (unpaired) electrons. The molecule has 2 aliphatic rings. The molecule has 7 nitrogen and oxygen atoms in total. The molecule has 152 valence electrons. The lowest BCUT2D eigenvalue weighted by Crippen LogP contribution is -2.50. The van der Waals surface area contributed by atoms with Crippen molar-refractivity contribution in [3.8, 4) is 0 Å². The van der Waals surface area contributed by atoms with Gasteiger partial charge < -0.3 is 20.1 Å². The molecule has 0 aromatic carbocycles. The number of hydrogen-bond donors (Lipinski definition) is 2. The number of esters is 1. The van der Waals surface area contributed by atoms with Crippen LogP contribution in [0, 0.1) is 11.8 Å². The molecule has 7 heteroatoms. The molecule has 0 aromatic heterocycles. The number of nitrogens with zero attached hydrogens (tertiary/aromatic N) is 1. The van der Waals surface area contributed by atoms with Gasteiger partial charge in [-0.2, -0.15) is 0 Å². The molecule has 0 bridgehead atoms. The van der Waals surface area contributed by atoms with Gasteiger partial charge in [0, 0.05) is 19.5 Å². The predicted octanol–water partition coefficient (Wildman–Crippen LogP) is 1.40. The van der Waals surface area contributed by atoms with Crippen molar-refractivity contribution in [2.24, 2.45) is 11.8 Å². The van der Waals surface area contributed by atoms with Crippen molar-refractivity contribution < 1.29 is 24.2 Å². The number of aliphatic hydroxyl groups excluding tert-OH is 1. The van der Waals surface area contributed by atoms with Gasteiger partial charge in [-0.3, -0.25) is 9.59 Å². The molecule has 1 heterocycles. The maximum absolute atomic E-state index is 12.9. The summed E-state index contributed by atoms with van der Waals surface area (Å²) in [5.74, 6) is -1.98. The molecule has 2 amide bonds. The predicted molar refractivity (Wildman–Crippen MR) is 101 cm³/mol. The van der Waals surface area contributed by atoms with E-state index < -0.39 is 30.0 Å². The minimum atomic E-state index is -0.746. The molecule has 4 atom stereocenters. The van der Waals surface area contributed by atoms with Gasteiger partial charge in [0.15, 0.2) is 0 Å². The Labute approximate surface area is 161 Å². The first-order chi connectivity index (χ1) is 12.9. The summed E-state index contributed by atoms with van der Waals surface area (Å²) < 4.78 is 4.82. The number of carbonyl (C=O) groups excluding carboxylic acids is 3. The van der Waals surface area contributed by atoms with Crippen LogP contribution in [0.4, 0.5) is 0 Å². The fraction of sp³-hybridized carbons (Fsp3) is 0.750. The van der Waals surface area contributed by atoms with Crippen LogP contribution in [0.2, 0.25) is 0 Å². The fourth-order valence-corrected chi connectivity index (χ4v) is 3.91. The fourth-order valence-electron chi connectivity index (χ4n) is 3.91. The number of fused-ring (bicyclic) bond motifs is 1. The van der Waals surface area contributed by atoms with E-state index in [4.69, 9.17) is 4.74 Å². The van der Waals surface area contributed by atoms with E-state index >= 15 is 0 Å². The molecule has 2 rings (SSSR count). The van der Waals surface area contributed by atoms with Gasteiger partial charge in [-0.15, -0.1) is 0 Å². The molecule has 0 spiro atoms. The van der Waals surface area contributed by atoms with Crippen molar-refractivity contribution >= 4 is 17.8 Å². The zero-order chi connectivity index (χ0) is 19.8. The molecule has 27 heavy (non-hydrogen) atoms. The van der Waals surface area contributed by atoms with Gasteiger partial charge in [0.25, 0.3) is 0 Å². The number of rotatable bonds is 1. The van der Waals surface area contributed by atoms with Gasteiger partial charge in [0.1, 0.15) is 6.04 Å². The molecular formula is C20H32N2O5. The summed E-state index contributed by atoms with van der Waals surface area (Å²) in [6.07, 6.45) is 8.65. The van der Waals surface area contributed by atoms with Crippen LogP contribution >= 0.6 is 0 Å². The van der Waals surface area contributed by atoms with E-state index in [1.54, 1.807) is 11.9 Å². The Kier molecular flexibility index (Phi) is 8.28. The second-order valence-corrected chi connectivity index (χ2v) is 7.57. The summed E-state index contributed by atoms with van der Waals surface area (Å²) in [4.78, 5) is 39.6. The summed E-state index contributed by atoms with van der Waals surface area (Å²) in [6.45, 7) is 0.658. The lowest BCUT2D eigenvalue weighted by atomic mass is 9.76. The van der Waals surface area contributed by atoms with Crippen LogP contribution in [-0.2, 0) is 19.1 Å². The zero-order valence-electron chi connectivity index (χ0n) is 16.4. The highest BCUT2D eigenvalue weighted by Crippen LogP contribution is 2.32. The first-order valence-electron chi connectivity index (χ1n) is 9.90. The second kappa shape index (κ2) is 10.4. The summed E-state index contributed by atoms with van der Waals surface area (Å²) in [6, 6.07) is -0.746. The Morgan fingerprint density at radius 3 is 2.63 bits per heavy atom. The molecule has 1 aliphatic carbocycles. The highest BCUT2D eigenvalue weighted by atomic mass is 16.5. The zero-order valence-corrected chi connectivity index (χ0v) is 16.4. The number of aliphatic hydroxyl groups is 1. The van der Waals surface area contributed by atoms with Crippen molar-refractivity contribution in [3.05, 3.63) is 12.2 Å². The van der Waals surface area contributed by atoms with E-state index in [0.717, 1.165) is 19.3 Å². The number of methoxy groups -OCH3 is 1. The Morgan fingerprint density at radius 2 is 1.89 bits per heavy atom. The number of allylic oxidation sites excluding steroid dienone is 2. The van der Waals surface area contributed by atoms with Crippen molar-refractivity contribution in [2.75, 3.05) is 20.7 Å². The summed E-state index contributed by atoms with van der Waals surface area (Å²) in [5.41, 5.74) is 0. The normalized spacial score (nSPS) is 31.3. The van der Waals surface area contributed by atoms with Gasteiger partial charge in [0.2, 0.25) is 11.8 Å². The largest absolute Gasteiger partial charge is 0.467 e. The van der Waals surface area contributed by atoms with Crippen molar-refractivity contribution in [1.82, 2.24) is 10.2 Å². The van der Waals surface area contributed by atoms with Gasteiger partial charge >= 0.3 is 5.97 Å². The summed E-state index contributed by atoms with van der Waals surface area (Å²) >= 11 is 0. The average molecular weight is 380 g/mol. The third-order valence-corrected chi connectivity index (χ3v) is 5.56. The molecule has 0 unspecified atom stereocenters. The Morgan fingerprint density at radius 1 is 1.15 bits per heavy atom. The standard InChI is InChI=1S/C20H32N2O5/c1-22-12-8-6-4-3-5-7-9-17(20(26)27-2)21-18(24)16-13-14(23)10-11-15(16)19(22)25/h3,5,14-17,23H,4,6-13H2,1-2H3,(H,21,24)/t14-,15-,16-,17-/m1/s1. The molecule has 0 saturated heterocycles. The molecule has 2 N–H and O–H groups in total. The third-order valence-electron chi connectivity index (χ3n) is 5.56. The number of ether oxygens (including phenoxy) is 1. The molecule has 1 saturated carbocycles. The Balaban J connectivity index is 2.22. The molecule has 1 aliphatic heterocycles. The highest BCUT2D eigenvalue weighted by Gasteiger charge is 2.40. The average Bonchev–Trinajstić information content (AvgIpc) is 2.67. The Bertz CT molecular complexity index is 563. The van der Waals surface area contributed by atoms with Crippen molar-refractivity contribution in [1.29, 1.82) is 0 Å². The second-order valence-electron chi connectivity index (χ2n) is 7.57. The van der Waals surface area contributed by atoms with Gasteiger partial charge in [-0.1, -0.05) is 12.2 Å². The number of carbonyl (C=O) groups is 3. The summed E-state index contributed by atoms with van der Waals surface area (Å²) in [5, 5.41) is 12.8. The lowest BCUT2D eigenvalue weighted by Gasteiger charge is -2.35. The highest BCUT2D eigenvalue weighted by molar-refractivity contribution is 5.90. The van der Waals surface area contributed by atoms with Crippen LogP contribution in [0.25, 0.3) is 0 Å². The van der Waals surface area contributed by atoms with E-state index in [-0.39, 0.29) is 18.2 Å². The molecule has 0 aromatic rings. The quantitative estimate of drug-likeness (QED) is 0.530. The van der Waals surface area contributed by atoms with Crippen LogP contribution in [0.5, 0.6) is 0 Å². The van der Waals surface area contributed by atoms with Crippen LogP contribution in [0.1, 0.15) is 51.4 Å². The van der Waals surface area contributed by atoms with Crippen LogP contribution < -0.4 is 5.32 Å². The molecule has 1 fully saturated rings. The first-order valence-corrected chi connectivity index (χ1v) is 9.90. The van der Waals surface area contributed by atoms with Gasteiger partial charge in [-0.25, -0.2) is 4.79 Å². The number of hydrogen-bond acceptors (Lipinski definition) is 5. The monoisotopic (exact) mass is 380 g/mol. The van der Waals surface area contributed by atoms with Crippen LogP contribution in [0.15, 0.2) is 12.2 Å². The smallest absolute Gasteiger partial charge is 0.328 e. The minimum absolute atomic E-state index is 0.0536. The first kappa shape index (κ1) is 21.4. The maximum atomic E-state index is 12.9. The van der Waals surface area contributed by atoms with Crippen LogP contribution in [-0.4, -0.2) is 60.6 Å². The van der Waals surface area contributed by atoms with E-state index in [1.165, 1.54) is 7.11 Å². The SMILES string of the molecule is COC(=O)[C@H]1CCC=CCCCCN(C)C(=O)[C@@H]2CC[C@@H](O)C[C@H]2C(=O)N1. The maximum Gasteiger partial charge on any atom is 0.328 e. The number of nitrogens with one attached hydrogen (secondary N) is 1. The van der Waals surface area contributed by atoms with Crippen molar-refractivity contribution in [3.63, 3.8) is 0 Å². The lowest BCUT2D eigenvalue weighted by molar-refractivity contribution is -0.148. The third kappa shape index (κ3) is 6.06. The topological polar surface area (TPSA) is 95.9 Å². The van der Waals surface area contributed by atoms with E-state index in [9.17, 15) is 19.5 Å². The van der Waals surface area contributed by atoms with E-state index in [0.29, 0.717) is 32.2 Å². The summed E-state index contributed by atoms with van der Waals surface area (Å²) in [7, 11) is 3.07. The van der Waals surface area contributed by atoms with Crippen molar-refractivity contribution in [2.45, 2.75) is 63.5 Å².